The summed E-state index contributed by atoms with van der Waals surface area (Å²) in [5.41, 5.74) is -0.360. The molecule has 1 saturated heterocycles. The fourth-order valence-electron chi connectivity index (χ4n) is 7.50. The lowest BCUT2D eigenvalue weighted by molar-refractivity contribution is -0.141. The number of sulfonamides is 1. The summed E-state index contributed by atoms with van der Waals surface area (Å²) in [7, 11) is -4.01. The van der Waals surface area contributed by atoms with E-state index in [0.717, 1.165) is 25.7 Å². The highest BCUT2D eigenvalue weighted by Crippen LogP contribution is 2.47. The number of benzene rings is 1. The Balaban J connectivity index is 1.09. The number of hydrogen-bond donors (Lipinski definition) is 3. The zero-order chi connectivity index (χ0) is 38.7. The molecule has 15 nitrogen and oxygen atoms in total. The summed E-state index contributed by atoms with van der Waals surface area (Å²) in [5, 5.41) is 9.63. The molecule has 4 fully saturated rings. The summed E-state index contributed by atoms with van der Waals surface area (Å²) in [4.78, 5) is 66.6. The molecular formula is C38H44FN7O8S. The first-order valence-electron chi connectivity index (χ1n) is 19.0. The number of halogens is 1. The van der Waals surface area contributed by atoms with Crippen molar-refractivity contribution in [1.29, 1.82) is 0 Å². The predicted octanol–water partition coefficient (Wildman–Crippen LogP) is 3.48. The van der Waals surface area contributed by atoms with Crippen molar-refractivity contribution in [2.45, 2.75) is 119 Å². The Morgan fingerprint density at radius 3 is 2.64 bits per heavy atom. The van der Waals surface area contributed by atoms with Gasteiger partial charge < -0.3 is 24.8 Å². The maximum Gasteiger partial charge on any atom is 0.274 e. The van der Waals surface area contributed by atoms with Crippen molar-refractivity contribution >= 4 is 44.7 Å². The maximum absolute atomic E-state index is 14.6. The molecule has 3 aromatic rings. The lowest BCUT2D eigenvalue weighted by atomic mass is 10.0. The average molecular weight is 778 g/mol. The maximum atomic E-state index is 14.6. The number of allylic oxidation sites excluding steroid dienone is 1. The number of rotatable bonds is 8. The molecule has 17 heteroatoms. The van der Waals surface area contributed by atoms with Crippen LogP contribution in [0.15, 0.2) is 40.9 Å². The van der Waals surface area contributed by atoms with E-state index < -0.39 is 73.9 Å². The van der Waals surface area contributed by atoms with Gasteiger partial charge in [0.05, 0.1) is 22.3 Å². The van der Waals surface area contributed by atoms with Crippen molar-refractivity contribution in [1.82, 2.24) is 35.4 Å². The number of fused-ring (bicyclic) bond motifs is 3. The highest BCUT2D eigenvalue weighted by atomic mass is 32.2. The van der Waals surface area contributed by atoms with Crippen molar-refractivity contribution in [2.24, 2.45) is 5.92 Å². The van der Waals surface area contributed by atoms with Gasteiger partial charge >= 0.3 is 0 Å². The van der Waals surface area contributed by atoms with Crippen LogP contribution in [0.25, 0.3) is 11.0 Å². The molecule has 0 spiro atoms. The number of aromatic nitrogens is 3. The summed E-state index contributed by atoms with van der Waals surface area (Å²) >= 11 is 0. The Morgan fingerprint density at radius 1 is 1.07 bits per heavy atom. The van der Waals surface area contributed by atoms with Crippen LogP contribution in [0.4, 0.5) is 4.39 Å². The van der Waals surface area contributed by atoms with Gasteiger partial charge in [-0.2, -0.15) is 0 Å². The molecule has 0 radical (unpaired) electrons. The lowest BCUT2D eigenvalue weighted by Gasteiger charge is -2.30. The molecule has 0 unspecified atom stereocenters. The first-order chi connectivity index (χ1) is 26.2. The average Bonchev–Trinajstić information content (AvgIpc) is 4.11. The second-order valence-corrected chi connectivity index (χ2v) is 18.1. The van der Waals surface area contributed by atoms with E-state index >= 15 is 0 Å². The Labute approximate surface area is 317 Å². The van der Waals surface area contributed by atoms with Crippen LogP contribution in [0.2, 0.25) is 0 Å². The SMILES string of the molecule is Cc1nc2ccc(F)cc2nc1O[C@@H]1C[C@H]2C(=O)N[C@]3(C(=O)NS(=O)(=O)C4(C)CC4)C[C@H]3C=CCCCCC[C@H](NC(=O)c3cc(C4CC4)on3)C(=O)N2C1. The van der Waals surface area contributed by atoms with Gasteiger partial charge in [0.25, 0.3) is 11.8 Å². The molecule has 3 aliphatic carbocycles. The molecule has 4 amide bonds. The molecule has 4 heterocycles. The molecular weight excluding hydrogens is 734 g/mol. The molecule has 8 rings (SSSR count). The van der Waals surface area contributed by atoms with Crippen LogP contribution in [-0.4, -0.2) is 87.1 Å². The molecule has 55 heavy (non-hydrogen) atoms. The number of amides is 4. The van der Waals surface area contributed by atoms with E-state index in [1.807, 2.05) is 12.2 Å². The number of aryl methyl sites for hydroxylation is 1. The predicted molar refractivity (Wildman–Crippen MR) is 194 cm³/mol. The highest BCUT2D eigenvalue weighted by Gasteiger charge is 2.63. The van der Waals surface area contributed by atoms with E-state index in [-0.39, 0.29) is 48.8 Å². The van der Waals surface area contributed by atoms with Crippen LogP contribution in [0.1, 0.15) is 105 Å². The first kappa shape index (κ1) is 37.0. The third kappa shape index (κ3) is 7.42. The standard InChI is InChI=1S/C38H44FN7O8S/c1-21-34(42-28-16-24(39)12-13-26(28)40-21)53-25-17-30-33(48)43-38(36(50)45-55(51,52)37(2)14-15-37)19-23(38)8-6-4-3-5-7-9-27(35(49)46(30)20-25)41-32(47)29-18-31(54-44-29)22-10-11-22/h6,8,12-13,16,18,22-23,25,27,30H,3-5,7,9-11,14-15,17,19-20H2,1-2H3,(H,41,47)(H,43,48)(H,45,50)/t23-,25-,27+,30+,38-/m1/s1. The van der Waals surface area contributed by atoms with Gasteiger partial charge in [-0.15, -0.1) is 0 Å². The molecule has 3 saturated carbocycles. The smallest absolute Gasteiger partial charge is 0.274 e. The monoisotopic (exact) mass is 777 g/mol. The summed E-state index contributed by atoms with van der Waals surface area (Å²) < 4.78 is 53.2. The summed E-state index contributed by atoms with van der Waals surface area (Å²) in [6.45, 7) is 3.17. The Morgan fingerprint density at radius 2 is 1.87 bits per heavy atom. The number of carbonyl (C=O) groups excluding carboxylic acids is 4. The molecule has 292 valence electrons. The van der Waals surface area contributed by atoms with Crippen LogP contribution in [0.3, 0.4) is 0 Å². The Hall–Kier alpha value is -4.93. The lowest BCUT2D eigenvalue weighted by Crippen LogP contribution is -2.58. The number of carbonyl (C=O) groups is 4. The van der Waals surface area contributed by atoms with E-state index in [2.05, 4.69) is 30.5 Å². The summed E-state index contributed by atoms with van der Waals surface area (Å²) in [5.74, 6) is -2.63. The molecule has 3 N–H and O–H groups in total. The largest absolute Gasteiger partial charge is 0.471 e. The number of nitrogens with zero attached hydrogens (tertiary/aromatic N) is 4. The van der Waals surface area contributed by atoms with Crippen LogP contribution in [-0.2, 0) is 24.4 Å². The topological polar surface area (TPSA) is 203 Å². The third-order valence-electron chi connectivity index (χ3n) is 11.6. The van der Waals surface area contributed by atoms with Gasteiger partial charge in [-0.25, -0.2) is 22.8 Å². The fourth-order valence-corrected chi connectivity index (χ4v) is 8.82. The minimum absolute atomic E-state index is 0.0246. The van der Waals surface area contributed by atoms with E-state index in [1.165, 1.54) is 23.1 Å². The van der Waals surface area contributed by atoms with E-state index in [9.17, 15) is 32.0 Å². The van der Waals surface area contributed by atoms with Gasteiger partial charge in [-0.3, -0.25) is 23.9 Å². The van der Waals surface area contributed by atoms with Crippen LogP contribution in [0.5, 0.6) is 5.88 Å². The number of nitrogens with one attached hydrogen (secondary N) is 3. The zero-order valence-electron chi connectivity index (χ0n) is 30.7. The van der Waals surface area contributed by atoms with Crippen molar-refractivity contribution < 1.29 is 41.2 Å². The first-order valence-corrected chi connectivity index (χ1v) is 20.5. The Kier molecular flexibility index (Phi) is 9.41. The van der Waals surface area contributed by atoms with Crippen molar-refractivity contribution in [2.75, 3.05) is 6.54 Å². The molecule has 5 atom stereocenters. The normalized spacial score (nSPS) is 27.9. The molecule has 2 aromatic heterocycles. The van der Waals surface area contributed by atoms with E-state index in [0.29, 0.717) is 42.7 Å². The minimum atomic E-state index is -4.01. The molecule has 5 aliphatic rings. The number of ether oxygens (including phenoxy) is 1. The van der Waals surface area contributed by atoms with Crippen LogP contribution in [0, 0.1) is 18.7 Å². The summed E-state index contributed by atoms with van der Waals surface area (Å²) in [6.07, 6.45) is 8.93. The van der Waals surface area contributed by atoms with Gasteiger partial charge in [0, 0.05) is 30.4 Å². The van der Waals surface area contributed by atoms with E-state index in [1.54, 1.807) is 19.9 Å². The van der Waals surface area contributed by atoms with Gasteiger partial charge in [-0.05, 0) is 77.3 Å². The second-order valence-electron chi connectivity index (χ2n) is 15.9. The van der Waals surface area contributed by atoms with Gasteiger partial charge in [-0.1, -0.05) is 30.2 Å². The van der Waals surface area contributed by atoms with Crippen LogP contribution >= 0.6 is 0 Å². The van der Waals surface area contributed by atoms with Crippen molar-refractivity contribution in [3.63, 3.8) is 0 Å². The second kappa shape index (κ2) is 14.0. The van der Waals surface area contributed by atoms with Crippen molar-refractivity contribution in [3.05, 3.63) is 59.4 Å². The van der Waals surface area contributed by atoms with Gasteiger partial charge in [0.2, 0.25) is 27.7 Å². The van der Waals surface area contributed by atoms with Gasteiger partial charge in [0.1, 0.15) is 41.0 Å². The highest BCUT2D eigenvalue weighted by molar-refractivity contribution is 7.91. The third-order valence-corrected chi connectivity index (χ3v) is 13.7. The quantitative estimate of drug-likeness (QED) is 0.283. The Bertz CT molecular complexity index is 2200. The van der Waals surface area contributed by atoms with Crippen LogP contribution < -0.4 is 20.1 Å². The molecule has 1 aromatic carbocycles. The minimum Gasteiger partial charge on any atom is -0.471 e. The summed E-state index contributed by atoms with van der Waals surface area (Å²) in [6, 6.07) is 3.40. The molecule has 2 aliphatic heterocycles. The van der Waals surface area contributed by atoms with Gasteiger partial charge in [0.15, 0.2) is 5.69 Å². The molecule has 0 bridgehead atoms. The fraction of sp³-hybridized carbons (Fsp3) is 0.553. The zero-order valence-corrected chi connectivity index (χ0v) is 31.5. The van der Waals surface area contributed by atoms with E-state index in [4.69, 9.17) is 9.26 Å². The van der Waals surface area contributed by atoms with Crippen molar-refractivity contribution in [3.8, 4) is 5.88 Å². The number of hydrogen-bond acceptors (Lipinski definition) is 11.